The van der Waals surface area contributed by atoms with Gasteiger partial charge in [0.1, 0.15) is 0 Å². The molecule has 0 aromatic heterocycles. The minimum atomic E-state index is 0.0945. The summed E-state index contributed by atoms with van der Waals surface area (Å²) in [6.45, 7) is 3.03. The van der Waals surface area contributed by atoms with Gasteiger partial charge < -0.3 is 15.5 Å². The highest BCUT2D eigenvalue weighted by Gasteiger charge is 2.28. The minimum Gasteiger partial charge on any atom is -0.332 e. The predicted molar refractivity (Wildman–Crippen MR) is 80.5 cm³/mol. The minimum absolute atomic E-state index is 0.0945. The van der Waals surface area contributed by atoms with Crippen molar-refractivity contribution in [3.05, 3.63) is 33.4 Å². The molecule has 1 saturated heterocycles. The zero-order valence-corrected chi connectivity index (χ0v) is 12.6. The molecule has 1 heterocycles. The van der Waals surface area contributed by atoms with E-state index < -0.39 is 0 Å². The van der Waals surface area contributed by atoms with E-state index in [0.717, 1.165) is 28.8 Å². The molecule has 4 nitrogen and oxygen atoms in total. The standard InChI is InChI=1S/C13H18IN3O/c1-16-5-6-17(12(8-15)9-16)13(18)10-3-2-4-11(14)7-10/h2-4,7,12H,5-6,8-9,15H2,1H3. The molecular formula is C13H18IN3O. The molecule has 0 saturated carbocycles. The van der Waals surface area contributed by atoms with Crippen molar-refractivity contribution in [1.82, 2.24) is 9.80 Å². The smallest absolute Gasteiger partial charge is 0.254 e. The van der Waals surface area contributed by atoms with Gasteiger partial charge in [-0.2, -0.15) is 0 Å². The van der Waals surface area contributed by atoms with Gasteiger partial charge in [-0.25, -0.2) is 0 Å². The number of halogens is 1. The van der Waals surface area contributed by atoms with Crippen LogP contribution in [-0.2, 0) is 0 Å². The van der Waals surface area contributed by atoms with Crippen LogP contribution in [0.15, 0.2) is 24.3 Å². The SMILES string of the molecule is CN1CCN(C(=O)c2cccc(I)c2)C(CN)C1. The van der Waals surface area contributed by atoms with Crippen LogP contribution in [0.2, 0.25) is 0 Å². The second-order valence-electron chi connectivity index (χ2n) is 4.66. The molecule has 1 aliphatic rings. The largest absolute Gasteiger partial charge is 0.332 e. The second-order valence-corrected chi connectivity index (χ2v) is 5.91. The van der Waals surface area contributed by atoms with Gasteiger partial charge in [-0.05, 0) is 47.8 Å². The number of carbonyl (C=O) groups is 1. The van der Waals surface area contributed by atoms with Crippen LogP contribution in [0.5, 0.6) is 0 Å². The lowest BCUT2D eigenvalue weighted by Gasteiger charge is -2.39. The Kier molecular flexibility index (Phi) is 4.58. The Morgan fingerprint density at radius 3 is 2.94 bits per heavy atom. The number of hydrogen-bond donors (Lipinski definition) is 1. The van der Waals surface area contributed by atoms with Crippen LogP contribution in [-0.4, -0.2) is 55.0 Å². The van der Waals surface area contributed by atoms with Crippen LogP contribution in [0, 0.1) is 3.57 Å². The van der Waals surface area contributed by atoms with Crippen LogP contribution in [0.25, 0.3) is 0 Å². The van der Waals surface area contributed by atoms with E-state index in [2.05, 4.69) is 34.5 Å². The van der Waals surface area contributed by atoms with Crippen molar-refractivity contribution < 1.29 is 4.79 Å². The van der Waals surface area contributed by atoms with Crippen LogP contribution < -0.4 is 5.73 Å². The number of likely N-dealkylation sites (N-methyl/N-ethyl adjacent to an activating group) is 1. The van der Waals surface area contributed by atoms with E-state index in [0.29, 0.717) is 6.54 Å². The molecule has 1 aromatic rings. The lowest BCUT2D eigenvalue weighted by molar-refractivity contribution is 0.0516. The summed E-state index contributed by atoms with van der Waals surface area (Å²) in [6.07, 6.45) is 0. The van der Waals surface area contributed by atoms with E-state index >= 15 is 0 Å². The first kappa shape index (κ1) is 13.8. The number of benzene rings is 1. The molecule has 5 heteroatoms. The van der Waals surface area contributed by atoms with E-state index in [1.165, 1.54) is 0 Å². The van der Waals surface area contributed by atoms with Crippen molar-refractivity contribution in [3.63, 3.8) is 0 Å². The summed E-state index contributed by atoms with van der Waals surface area (Å²) in [7, 11) is 2.07. The number of nitrogens with zero attached hydrogens (tertiary/aromatic N) is 2. The number of hydrogen-bond acceptors (Lipinski definition) is 3. The molecule has 2 rings (SSSR count). The summed E-state index contributed by atoms with van der Waals surface area (Å²) in [5, 5.41) is 0. The fourth-order valence-electron chi connectivity index (χ4n) is 2.27. The maximum Gasteiger partial charge on any atom is 0.254 e. The van der Waals surface area contributed by atoms with Crippen LogP contribution in [0.3, 0.4) is 0 Å². The van der Waals surface area contributed by atoms with Crippen LogP contribution in [0.4, 0.5) is 0 Å². The quantitative estimate of drug-likeness (QED) is 0.802. The van der Waals surface area contributed by atoms with E-state index in [1.54, 1.807) is 0 Å². The highest BCUT2D eigenvalue weighted by atomic mass is 127. The highest BCUT2D eigenvalue weighted by Crippen LogP contribution is 2.15. The average molecular weight is 359 g/mol. The maximum atomic E-state index is 12.5. The van der Waals surface area contributed by atoms with Gasteiger partial charge in [-0.15, -0.1) is 0 Å². The van der Waals surface area contributed by atoms with Gasteiger partial charge in [-0.3, -0.25) is 4.79 Å². The summed E-state index contributed by atoms with van der Waals surface area (Å²) in [5.74, 6) is 0.0945. The van der Waals surface area contributed by atoms with Gasteiger partial charge >= 0.3 is 0 Å². The van der Waals surface area contributed by atoms with Gasteiger partial charge in [0.2, 0.25) is 0 Å². The Labute approximate surface area is 121 Å². The van der Waals surface area contributed by atoms with Crippen molar-refractivity contribution in [3.8, 4) is 0 Å². The van der Waals surface area contributed by atoms with Crippen LogP contribution in [0.1, 0.15) is 10.4 Å². The first-order chi connectivity index (χ1) is 8.61. The van der Waals surface area contributed by atoms with Crippen molar-refractivity contribution in [2.45, 2.75) is 6.04 Å². The molecule has 1 atom stereocenters. The third kappa shape index (κ3) is 3.02. The summed E-state index contributed by atoms with van der Waals surface area (Å²) >= 11 is 2.22. The molecule has 98 valence electrons. The molecule has 18 heavy (non-hydrogen) atoms. The molecule has 1 aliphatic heterocycles. The van der Waals surface area contributed by atoms with Crippen molar-refractivity contribution in [2.75, 3.05) is 33.2 Å². The van der Waals surface area contributed by atoms with E-state index in [-0.39, 0.29) is 11.9 Å². The molecule has 0 spiro atoms. The molecular weight excluding hydrogens is 341 g/mol. The molecule has 2 N–H and O–H groups in total. The zero-order valence-electron chi connectivity index (χ0n) is 10.5. The first-order valence-corrected chi connectivity index (χ1v) is 7.15. The predicted octanol–water partition coefficient (Wildman–Crippen LogP) is 1.01. The Hall–Kier alpha value is -0.660. The zero-order chi connectivity index (χ0) is 13.1. The fourth-order valence-corrected chi connectivity index (χ4v) is 2.81. The highest BCUT2D eigenvalue weighted by molar-refractivity contribution is 14.1. The third-order valence-corrected chi connectivity index (χ3v) is 3.96. The van der Waals surface area contributed by atoms with E-state index in [1.807, 2.05) is 29.2 Å². The Morgan fingerprint density at radius 1 is 1.50 bits per heavy atom. The van der Waals surface area contributed by atoms with Crippen molar-refractivity contribution >= 4 is 28.5 Å². The lowest BCUT2D eigenvalue weighted by atomic mass is 10.1. The summed E-state index contributed by atoms with van der Waals surface area (Å²) in [5.41, 5.74) is 6.53. The Balaban J connectivity index is 2.17. The molecule has 1 aromatic carbocycles. The normalized spacial score (nSPS) is 21.1. The first-order valence-electron chi connectivity index (χ1n) is 6.07. The van der Waals surface area contributed by atoms with Gasteiger partial charge in [0.05, 0.1) is 6.04 Å². The lowest BCUT2D eigenvalue weighted by Crippen LogP contribution is -2.56. The molecule has 1 amide bonds. The third-order valence-electron chi connectivity index (χ3n) is 3.29. The van der Waals surface area contributed by atoms with Crippen molar-refractivity contribution in [2.24, 2.45) is 5.73 Å². The van der Waals surface area contributed by atoms with E-state index in [4.69, 9.17) is 5.73 Å². The van der Waals surface area contributed by atoms with E-state index in [9.17, 15) is 4.79 Å². The second kappa shape index (κ2) is 5.99. The average Bonchev–Trinajstić information content (AvgIpc) is 2.37. The monoisotopic (exact) mass is 359 g/mol. The Bertz CT molecular complexity index is 438. The molecule has 0 aliphatic carbocycles. The van der Waals surface area contributed by atoms with Gasteiger partial charge in [0.25, 0.3) is 5.91 Å². The summed E-state index contributed by atoms with van der Waals surface area (Å²) < 4.78 is 1.08. The number of piperazine rings is 1. The van der Waals surface area contributed by atoms with Gasteiger partial charge in [0, 0.05) is 35.3 Å². The summed E-state index contributed by atoms with van der Waals surface area (Å²) in [4.78, 5) is 16.6. The molecule has 0 bridgehead atoms. The Morgan fingerprint density at radius 2 is 2.28 bits per heavy atom. The van der Waals surface area contributed by atoms with Crippen LogP contribution >= 0.6 is 22.6 Å². The van der Waals surface area contributed by atoms with Gasteiger partial charge in [0.15, 0.2) is 0 Å². The summed E-state index contributed by atoms with van der Waals surface area (Å²) in [6, 6.07) is 7.82. The topological polar surface area (TPSA) is 49.6 Å². The van der Waals surface area contributed by atoms with Gasteiger partial charge in [-0.1, -0.05) is 6.07 Å². The van der Waals surface area contributed by atoms with Crippen molar-refractivity contribution in [1.29, 1.82) is 0 Å². The fraction of sp³-hybridized carbons (Fsp3) is 0.462. The number of rotatable bonds is 2. The number of nitrogens with two attached hydrogens (primary N) is 1. The maximum absolute atomic E-state index is 12.5. The number of amides is 1. The molecule has 1 fully saturated rings. The molecule has 0 radical (unpaired) electrons. The molecule has 1 unspecified atom stereocenters. The number of carbonyl (C=O) groups excluding carboxylic acids is 1.